The maximum atomic E-state index is 12.2. The molecule has 0 aliphatic carbocycles. The number of allylic oxidation sites excluding steroid dienone is 1. The van der Waals surface area contributed by atoms with Gasteiger partial charge in [-0.3, -0.25) is 0 Å². The molecule has 0 radical (unpaired) electrons. The van der Waals surface area contributed by atoms with Crippen molar-refractivity contribution in [2.75, 3.05) is 13.7 Å². The predicted molar refractivity (Wildman–Crippen MR) is 78.4 cm³/mol. The van der Waals surface area contributed by atoms with E-state index in [0.29, 0.717) is 16.8 Å². The number of phenolic OH excluding ortho intramolecular Hbond substituents is 1. The van der Waals surface area contributed by atoms with Gasteiger partial charge in [0.05, 0.1) is 25.3 Å². The molecule has 0 spiro atoms. The van der Waals surface area contributed by atoms with Crippen molar-refractivity contribution in [3.05, 3.63) is 35.0 Å². The number of carbonyl (C=O) groups is 2. The molecular weight excluding hydrogens is 288 g/mol. The van der Waals surface area contributed by atoms with E-state index in [0.717, 1.165) is 0 Å². The lowest BCUT2D eigenvalue weighted by atomic mass is 9.95. The summed E-state index contributed by atoms with van der Waals surface area (Å²) in [6.07, 6.45) is 0. The molecule has 1 aromatic rings. The number of esters is 1. The van der Waals surface area contributed by atoms with Gasteiger partial charge in [0.1, 0.15) is 0 Å². The van der Waals surface area contributed by atoms with Gasteiger partial charge in [0.2, 0.25) is 0 Å². The lowest BCUT2D eigenvalue weighted by molar-refractivity contribution is -0.139. The van der Waals surface area contributed by atoms with Crippen LogP contribution in [0.5, 0.6) is 11.5 Å². The fraction of sp³-hybridized carbons (Fsp3) is 0.333. The number of hydrogen-bond acceptors (Lipinski definition) is 5. The van der Waals surface area contributed by atoms with Crippen LogP contribution >= 0.6 is 0 Å². The molecule has 118 valence electrons. The standard InChI is InChI=1S/C15H18N2O5/c1-4-22-14(19)12-8(2)16-15(20)17-13(12)9-5-6-10(18)11(7-9)21-3/h5-7,13,18H,4H2,1-3H3,(H2,16,17,20). The Balaban J connectivity index is 2.47. The third-order valence-electron chi connectivity index (χ3n) is 3.30. The topological polar surface area (TPSA) is 96.9 Å². The molecule has 2 rings (SSSR count). The molecule has 3 N–H and O–H groups in total. The number of rotatable bonds is 4. The number of nitrogens with one attached hydrogen (secondary N) is 2. The Morgan fingerprint density at radius 1 is 1.41 bits per heavy atom. The number of aromatic hydroxyl groups is 1. The number of phenols is 1. The monoisotopic (exact) mass is 306 g/mol. The summed E-state index contributed by atoms with van der Waals surface area (Å²) in [7, 11) is 1.42. The Morgan fingerprint density at radius 2 is 2.14 bits per heavy atom. The number of urea groups is 1. The van der Waals surface area contributed by atoms with E-state index in [4.69, 9.17) is 9.47 Å². The summed E-state index contributed by atoms with van der Waals surface area (Å²) in [4.78, 5) is 23.9. The van der Waals surface area contributed by atoms with Crippen molar-refractivity contribution in [1.82, 2.24) is 10.6 Å². The molecule has 1 aliphatic rings. The third kappa shape index (κ3) is 2.98. The van der Waals surface area contributed by atoms with Crippen LogP contribution in [0.15, 0.2) is 29.5 Å². The number of amides is 2. The molecule has 0 bridgehead atoms. The molecule has 1 aromatic carbocycles. The maximum Gasteiger partial charge on any atom is 0.338 e. The van der Waals surface area contributed by atoms with E-state index in [1.54, 1.807) is 26.0 Å². The van der Waals surface area contributed by atoms with Crippen LogP contribution in [-0.2, 0) is 9.53 Å². The molecule has 1 aliphatic heterocycles. The molecule has 0 fully saturated rings. The van der Waals surface area contributed by atoms with Gasteiger partial charge in [-0.15, -0.1) is 0 Å². The highest BCUT2D eigenvalue weighted by Crippen LogP contribution is 2.33. The number of methoxy groups -OCH3 is 1. The summed E-state index contributed by atoms with van der Waals surface area (Å²) in [6, 6.07) is 3.53. The zero-order valence-corrected chi connectivity index (χ0v) is 12.6. The van der Waals surface area contributed by atoms with Crippen LogP contribution in [0.25, 0.3) is 0 Å². The number of hydrogen-bond donors (Lipinski definition) is 3. The van der Waals surface area contributed by atoms with Crippen LogP contribution < -0.4 is 15.4 Å². The van der Waals surface area contributed by atoms with E-state index in [-0.39, 0.29) is 18.1 Å². The minimum atomic E-state index is -0.678. The van der Waals surface area contributed by atoms with Gasteiger partial charge in [-0.25, -0.2) is 9.59 Å². The predicted octanol–water partition coefficient (Wildman–Crippen LogP) is 1.59. The van der Waals surface area contributed by atoms with Crippen molar-refractivity contribution in [3.8, 4) is 11.5 Å². The summed E-state index contributed by atoms with van der Waals surface area (Å²) in [5.41, 5.74) is 1.35. The summed E-state index contributed by atoms with van der Waals surface area (Å²) in [5, 5.41) is 14.9. The molecule has 1 atom stereocenters. The first-order valence-corrected chi connectivity index (χ1v) is 6.80. The molecule has 1 heterocycles. The minimum Gasteiger partial charge on any atom is -0.504 e. The Kier molecular flexibility index (Phi) is 4.55. The highest BCUT2D eigenvalue weighted by Gasteiger charge is 2.32. The van der Waals surface area contributed by atoms with Crippen molar-refractivity contribution in [3.63, 3.8) is 0 Å². The molecule has 7 nitrogen and oxygen atoms in total. The van der Waals surface area contributed by atoms with Gasteiger partial charge in [0.25, 0.3) is 0 Å². The minimum absolute atomic E-state index is 0.0232. The molecule has 2 amide bonds. The van der Waals surface area contributed by atoms with Crippen LogP contribution in [0, 0.1) is 0 Å². The Morgan fingerprint density at radius 3 is 2.77 bits per heavy atom. The van der Waals surface area contributed by atoms with Crippen molar-refractivity contribution in [2.45, 2.75) is 19.9 Å². The Bertz CT molecular complexity index is 639. The van der Waals surface area contributed by atoms with Gasteiger partial charge in [-0.1, -0.05) is 6.07 Å². The Labute approximate surface area is 127 Å². The quantitative estimate of drug-likeness (QED) is 0.734. The van der Waals surface area contributed by atoms with Gasteiger partial charge in [-0.05, 0) is 31.5 Å². The summed E-state index contributed by atoms with van der Waals surface area (Å²) in [5.74, 6) is -0.277. The first-order valence-electron chi connectivity index (χ1n) is 6.80. The lowest BCUT2D eigenvalue weighted by Gasteiger charge is -2.28. The molecule has 0 saturated heterocycles. The average molecular weight is 306 g/mol. The van der Waals surface area contributed by atoms with Crippen LogP contribution in [0.4, 0.5) is 4.79 Å². The molecule has 0 aromatic heterocycles. The van der Waals surface area contributed by atoms with Crippen molar-refractivity contribution in [2.24, 2.45) is 0 Å². The van der Waals surface area contributed by atoms with Crippen LogP contribution in [-0.4, -0.2) is 30.8 Å². The number of carbonyl (C=O) groups excluding carboxylic acids is 2. The second kappa shape index (κ2) is 6.38. The molecule has 0 saturated carbocycles. The second-order valence-electron chi connectivity index (χ2n) is 4.72. The molecular formula is C15H18N2O5. The van der Waals surface area contributed by atoms with Gasteiger partial charge in [0.15, 0.2) is 11.5 Å². The highest BCUT2D eigenvalue weighted by atomic mass is 16.5. The summed E-state index contributed by atoms with van der Waals surface area (Å²) < 4.78 is 10.1. The summed E-state index contributed by atoms with van der Waals surface area (Å²) >= 11 is 0. The second-order valence-corrected chi connectivity index (χ2v) is 4.72. The largest absolute Gasteiger partial charge is 0.504 e. The molecule has 22 heavy (non-hydrogen) atoms. The van der Waals surface area contributed by atoms with Crippen molar-refractivity contribution < 1.29 is 24.2 Å². The number of benzene rings is 1. The van der Waals surface area contributed by atoms with E-state index >= 15 is 0 Å². The highest BCUT2D eigenvalue weighted by molar-refractivity contribution is 5.95. The molecule has 1 unspecified atom stereocenters. The van der Waals surface area contributed by atoms with Gasteiger partial charge in [0, 0.05) is 5.70 Å². The van der Waals surface area contributed by atoms with E-state index < -0.39 is 18.0 Å². The van der Waals surface area contributed by atoms with Gasteiger partial charge >= 0.3 is 12.0 Å². The molecule has 7 heteroatoms. The van der Waals surface area contributed by atoms with Gasteiger partial charge < -0.3 is 25.2 Å². The fourth-order valence-corrected chi connectivity index (χ4v) is 2.30. The number of ether oxygens (including phenoxy) is 2. The van der Waals surface area contributed by atoms with Crippen LogP contribution in [0.2, 0.25) is 0 Å². The SMILES string of the molecule is CCOC(=O)C1=C(C)NC(=O)NC1c1ccc(O)c(OC)c1. The Hall–Kier alpha value is -2.70. The van der Waals surface area contributed by atoms with E-state index in [1.807, 2.05) is 0 Å². The zero-order valence-electron chi connectivity index (χ0n) is 12.6. The van der Waals surface area contributed by atoms with Crippen molar-refractivity contribution in [1.29, 1.82) is 0 Å². The van der Waals surface area contributed by atoms with E-state index in [2.05, 4.69) is 10.6 Å². The average Bonchev–Trinajstić information content (AvgIpc) is 2.47. The smallest absolute Gasteiger partial charge is 0.338 e. The van der Waals surface area contributed by atoms with E-state index in [9.17, 15) is 14.7 Å². The van der Waals surface area contributed by atoms with Crippen LogP contribution in [0.3, 0.4) is 0 Å². The normalized spacial score (nSPS) is 17.6. The first kappa shape index (κ1) is 15.7. The fourth-order valence-electron chi connectivity index (χ4n) is 2.30. The van der Waals surface area contributed by atoms with Gasteiger partial charge in [-0.2, -0.15) is 0 Å². The third-order valence-corrected chi connectivity index (χ3v) is 3.30. The van der Waals surface area contributed by atoms with Crippen molar-refractivity contribution >= 4 is 12.0 Å². The first-order chi connectivity index (χ1) is 10.5. The van der Waals surface area contributed by atoms with Crippen LogP contribution in [0.1, 0.15) is 25.5 Å². The lowest BCUT2D eigenvalue weighted by Crippen LogP contribution is -2.45. The maximum absolute atomic E-state index is 12.2. The van der Waals surface area contributed by atoms with E-state index in [1.165, 1.54) is 13.2 Å². The summed E-state index contributed by atoms with van der Waals surface area (Å²) in [6.45, 7) is 3.58. The zero-order chi connectivity index (χ0) is 16.3.